The number of nitrogens with zero attached hydrogens (tertiary/aromatic N) is 2. The summed E-state index contributed by atoms with van der Waals surface area (Å²) < 4.78 is 0. The maximum Gasteiger partial charge on any atom is 0.305 e. The second-order valence-electron chi connectivity index (χ2n) is 4.13. The van der Waals surface area contributed by atoms with Crippen molar-refractivity contribution in [1.82, 2.24) is 10.2 Å². The molecule has 0 aliphatic heterocycles. The maximum atomic E-state index is 12.4. The lowest BCUT2D eigenvalue weighted by molar-refractivity contribution is -0.136. The minimum atomic E-state index is -0.984. The first kappa shape index (κ1) is 13.6. The lowest BCUT2D eigenvalue weighted by Gasteiger charge is -2.22. The van der Waals surface area contributed by atoms with Crippen molar-refractivity contribution >= 4 is 23.3 Å². The molecule has 1 amide bonds. The third-order valence-corrected chi connectivity index (χ3v) is 2.75. The molecule has 0 spiro atoms. The number of nitrogens with two attached hydrogens (primary N) is 1. The SMILES string of the molecule is Nc1ccccc1N(CCC(=O)O)C(=O)c1ccn[nH]1. The predicted molar refractivity (Wildman–Crippen MR) is 73.4 cm³/mol. The molecule has 0 aliphatic rings. The number of aromatic nitrogens is 2. The molecule has 7 heteroatoms. The average Bonchev–Trinajstić information content (AvgIpc) is 2.94. The van der Waals surface area contributed by atoms with Gasteiger partial charge in [-0.05, 0) is 18.2 Å². The third kappa shape index (κ3) is 2.94. The fraction of sp³-hybridized carbons (Fsp3) is 0.154. The van der Waals surface area contributed by atoms with Gasteiger partial charge in [0.2, 0.25) is 0 Å². The van der Waals surface area contributed by atoms with Crippen LogP contribution in [0.15, 0.2) is 36.5 Å². The summed E-state index contributed by atoms with van der Waals surface area (Å²) in [5, 5.41) is 15.1. The lowest BCUT2D eigenvalue weighted by Crippen LogP contribution is -2.33. The number of rotatable bonds is 5. The van der Waals surface area contributed by atoms with Crippen molar-refractivity contribution in [2.24, 2.45) is 0 Å². The van der Waals surface area contributed by atoms with E-state index in [4.69, 9.17) is 10.8 Å². The number of aliphatic carboxylic acids is 1. The van der Waals surface area contributed by atoms with Crippen LogP contribution in [-0.2, 0) is 4.79 Å². The summed E-state index contributed by atoms with van der Waals surface area (Å²) in [6.07, 6.45) is 1.28. The van der Waals surface area contributed by atoms with Crippen LogP contribution in [0.25, 0.3) is 0 Å². The van der Waals surface area contributed by atoms with Gasteiger partial charge in [-0.15, -0.1) is 0 Å². The van der Waals surface area contributed by atoms with Crippen LogP contribution in [0.2, 0.25) is 0 Å². The number of anilines is 2. The van der Waals surface area contributed by atoms with Gasteiger partial charge in [0.25, 0.3) is 5.91 Å². The van der Waals surface area contributed by atoms with E-state index in [-0.39, 0.29) is 24.6 Å². The van der Waals surface area contributed by atoms with Crippen LogP contribution in [0.1, 0.15) is 16.9 Å². The van der Waals surface area contributed by atoms with E-state index in [1.54, 1.807) is 24.3 Å². The highest BCUT2D eigenvalue weighted by Gasteiger charge is 2.21. The van der Waals surface area contributed by atoms with Crippen LogP contribution >= 0.6 is 0 Å². The Morgan fingerprint density at radius 1 is 1.30 bits per heavy atom. The number of carbonyl (C=O) groups excluding carboxylic acids is 1. The Morgan fingerprint density at radius 3 is 2.65 bits per heavy atom. The number of amides is 1. The first-order valence-electron chi connectivity index (χ1n) is 5.97. The molecule has 1 heterocycles. The number of aromatic amines is 1. The minimum Gasteiger partial charge on any atom is -0.481 e. The number of benzene rings is 1. The van der Waals surface area contributed by atoms with Crippen molar-refractivity contribution in [3.05, 3.63) is 42.2 Å². The molecule has 104 valence electrons. The topological polar surface area (TPSA) is 112 Å². The highest BCUT2D eigenvalue weighted by molar-refractivity contribution is 6.06. The molecule has 7 nitrogen and oxygen atoms in total. The molecular formula is C13H14N4O3. The Balaban J connectivity index is 2.32. The molecule has 0 radical (unpaired) electrons. The monoisotopic (exact) mass is 274 g/mol. The van der Waals surface area contributed by atoms with Crippen molar-refractivity contribution in [2.75, 3.05) is 17.2 Å². The van der Waals surface area contributed by atoms with E-state index >= 15 is 0 Å². The number of nitrogens with one attached hydrogen (secondary N) is 1. The molecule has 0 saturated carbocycles. The summed E-state index contributed by atoms with van der Waals surface area (Å²) in [5.41, 5.74) is 7.02. The van der Waals surface area contributed by atoms with Crippen LogP contribution in [0.4, 0.5) is 11.4 Å². The number of H-pyrrole nitrogens is 1. The molecule has 2 rings (SSSR count). The van der Waals surface area contributed by atoms with Gasteiger partial charge in [-0.3, -0.25) is 14.7 Å². The van der Waals surface area contributed by atoms with E-state index in [0.717, 1.165) is 0 Å². The number of para-hydroxylation sites is 2. The molecule has 0 bridgehead atoms. The minimum absolute atomic E-state index is 0.0292. The molecule has 1 aromatic heterocycles. The molecule has 0 fully saturated rings. The number of carboxylic acid groups (broad SMARTS) is 1. The molecular weight excluding hydrogens is 260 g/mol. The number of hydrogen-bond donors (Lipinski definition) is 3. The summed E-state index contributed by atoms with van der Waals surface area (Å²) in [6.45, 7) is 0.0292. The van der Waals surface area contributed by atoms with E-state index in [1.165, 1.54) is 17.2 Å². The van der Waals surface area contributed by atoms with E-state index in [9.17, 15) is 9.59 Å². The van der Waals surface area contributed by atoms with Crippen molar-refractivity contribution in [2.45, 2.75) is 6.42 Å². The zero-order valence-corrected chi connectivity index (χ0v) is 10.6. The summed E-state index contributed by atoms with van der Waals surface area (Å²) in [7, 11) is 0. The zero-order valence-electron chi connectivity index (χ0n) is 10.6. The molecule has 1 aromatic carbocycles. The Kier molecular flexibility index (Phi) is 3.99. The molecule has 0 aliphatic carbocycles. The first-order chi connectivity index (χ1) is 9.59. The fourth-order valence-electron chi connectivity index (χ4n) is 1.79. The molecule has 2 aromatic rings. The quantitative estimate of drug-likeness (QED) is 0.707. The Hall–Kier alpha value is -2.83. The van der Waals surface area contributed by atoms with Gasteiger partial charge in [-0.25, -0.2) is 0 Å². The smallest absolute Gasteiger partial charge is 0.305 e. The number of hydrogen-bond acceptors (Lipinski definition) is 4. The number of carboxylic acids is 1. The third-order valence-electron chi connectivity index (χ3n) is 2.75. The van der Waals surface area contributed by atoms with E-state index in [0.29, 0.717) is 11.4 Å². The zero-order chi connectivity index (χ0) is 14.5. The Morgan fingerprint density at radius 2 is 2.05 bits per heavy atom. The van der Waals surface area contributed by atoms with E-state index in [1.807, 2.05) is 0 Å². The second kappa shape index (κ2) is 5.87. The van der Waals surface area contributed by atoms with Crippen LogP contribution in [0.5, 0.6) is 0 Å². The summed E-state index contributed by atoms with van der Waals surface area (Å²) >= 11 is 0. The summed E-state index contributed by atoms with van der Waals surface area (Å²) in [4.78, 5) is 24.4. The van der Waals surface area contributed by atoms with Crippen molar-refractivity contribution < 1.29 is 14.7 Å². The number of nitrogen functional groups attached to an aromatic ring is 1. The highest BCUT2D eigenvalue weighted by atomic mass is 16.4. The van der Waals surface area contributed by atoms with Gasteiger partial charge < -0.3 is 15.7 Å². The molecule has 4 N–H and O–H groups in total. The first-order valence-corrected chi connectivity index (χ1v) is 5.97. The van der Waals surface area contributed by atoms with E-state index < -0.39 is 5.97 Å². The summed E-state index contributed by atoms with van der Waals surface area (Å²) in [6, 6.07) is 8.33. The van der Waals surface area contributed by atoms with E-state index in [2.05, 4.69) is 10.2 Å². The van der Waals surface area contributed by atoms with Crippen molar-refractivity contribution in [1.29, 1.82) is 0 Å². The van der Waals surface area contributed by atoms with Crippen LogP contribution < -0.4 is 10.6 Å². The molecule has 0 saturated heterocycles. The van der Waals surface area contributed by atoms with Crippen LogP contribution in [0, 0.1) is 0 Å². The van der Waals surface area contributed by atoms with Gasteiger partial charge in [-0.2, -0.15) is 5.10 Å². The number of carbonyl (C=O) groups is 2. The van der Waals surface area contributed by atoms with Gasteiger partial charge in [-0.1, -0.05) is 12.1 Å². The standard InChI is InChI=1S/C13H14N4O3/c14-9-3-1-2-4-11(9)17(8-6-12(18)19)13(20)10-5-7-15-16-10/h1-5,7H,6,8,14H2,(H,15,16)(H,18,19). The Labute approximate surface area is 115 Å². The van der Waals surface area contributed by atoms with Crippen molar-refractivity contribution in [3.63, 3.8) is 0 Å². The van der Waals surface area contributed by atoms with Crippen LogP contribution in [-0.4, -0.2) is 33.7 Å². The molecule has 0 atom stereocenters. The molecule has 20 heavy (non-hydrogen) atoms. The maximum absolute atomic E-state index is 12.4. The van der Waals surface area contributed by atoms with Gasteiger partial charge in [0.1, 0.15) is 5.69 Å². The fourth-order valence-corrected chi connectivity index (χ4v) is 1.79. The van der Waals surface area contributed by atoms with Gasteiger partial charge in [0, 0.05) is 12.7 Å². The van der Waals surface area contributed by atoms with Gasteiger partial charge in [0.15, 0.2) is 0 Å². The largest absolute Gasteiger partial charge is 0.481 e. The van der Waals surface area contributed by atoms with Crippen LogP contribution in [0.3, 0.4) is 0 Å². The summed E-state index contributed by atoms with van der Waals surface area (Å²) in [5.74, 6) is -1.36. The predicted octanol–water partition coefficient (Wildman–Crippen LogP) is 1.11. The van der Waals surface area contributed by atoms with Crippen molar-refractivity contribution in [3.8, 4) is 0 Å². The highest BCUT2D eigenvalue weighted by Crippen LogP contribution is 2.24. The second-order valence-corrected chi connectivity index (χ2v) is 4.13. The normalized spacial score (nSPS) is 10.2. The Bertz CT molecular complexity index is 610. The average molecular weight is 274 g/mol. The lowest BCUT2D eigenvalue weighted by atomic mass is 10.2. The van der Waals surface area contributed by atoms with Gasteiger partial charge >= 0.3 is 5.97 Å². The van der Waals surface area contributed by atoms with Gasteiger partial charge in [0.05, 0.1) is 17.8 Å². The molecule has 0 unspecified atom stereocenters.